The molecule has 0 aromatic heterocycles. The third-order valence-electron chi connectivity index (χ3n) is 3.33. The molecular weight excluding hydrogens is 342 g/mol. The fourth-order valence-corrected chi connectivity index (χ4v) is 3.79. The summed E-state index contributed by atoms with van der Waals surface area (Å²) in [6.07, 6.45) is 1.62. The van der Waals surface area contributed by atoms with Crippen LogP contribution in [0, 0.1) is 0 Å². The van der Waals surface area contributed by atoms with E-state index >= 15 is 0 Å². The normalized spacial score (nSPS) is 18.3. The van der Waals surface area contributed by atoms with Crippen LogP contribution < -0.4 is 10.1 Å². The Hall–Kier alpha value is -1.19. The molecule has 1 aliphatic heterocycles. The summed E-state index contributed by atoms with van der Waals surface area (Å²) in [6, 6.07) is 4.13. The summed E-state index contributed by atoms with van der Waals surface area (Å²) in [4.78, 5) is 11.9. The predicted octanol–water partition coefficient (Wildman–Crippen LogP) is 1.00. The van der Waals surface area contributed by atoms with Crippen molar-refractivity contribution in [2.75, 3.05) is 27.2 Å². The third kappa shape index (κ3) is 4.89. The van der Waals surface area contributed by atoms with Gasteiger partial charge >= 0.3 is 0 Å². The molecule has 1 heterocycles. The number of nitrogens with one attached hydrogen (secondary N) is 2. The third-order valence-corrected chi connectivity index (χ3v) is 5.24. The Labute approximate surface area is 141 Å². The summed E-state index contributed by atoms with van der Waals surface area (Å²) in [5.41, 5.74) is 2.76. The number of rotatable bonds is 6. The van der Waals surface area contributed by atoms with Crippen molar-refractivity contribution in [1.29, 1.82) is 0 Å². The summed E-state index contributed by atoms with van der Waals surface area (Å²) >= 11 is 5.99. The number of amides is 1. The molecule has 1 aromatic carbocycles. The molecule has 0 saturated carbocycles. The van der Waals surface area contributed by atoms with Gasteiger partial charge in [0, 0.05) is 32.8 Å². The van der Waals surface area contributed by atoms with Gasteiger partial charge in [0.1, 0.15) is 4.90 Å². The molecule has 1 saturated heterocycles. The van der Waals surface area contributed by atoms with Gasteiger partial charge in [-0.2, -0.15) is 0 Å². The molecular formula is C14H20ClN3O4S. The molecule has 0 spiro atoms. The zero-order chi connectivity index (χ0) is 17.0. The average molecular weight is 362 g/mol. The van der Waals surface area contributed by atoms with Crippen LogP contribution in [-0.4, -0.2) is 52.7 Å². The molecule has 1 fully saturated rings. The van der Waals surface area contributed by atoms with Gasteiger partial charge in [-0.1, -0.05) is 11.6 Å². The minimum Gasteiger partial charge on any atom is -0.377 e. The Balaban J connectivity index is 2.17. The second-order valence-corrected chi connectivity index (χ2v) is 7.61. The topological polar surface area (TPSA) is 87.7 Å². The van der Waals surface area contributed by atoms with Crippen molar-refractivity contribution in [2.45, 2.75) is 23.8 Å². The molecule has 7 nitrogen and oxygen atoms in total. The van der Waals surface area contributed by atoms with Crippen molar-refractivity contribution < 1.29 is 17.9 Å². The van der Waals surface area contributed by atoms with Gasteiger partial charge in [-0.15, -0.1) is 0 Å². The van der Waals surface area contributed by atoms with Crippen LogP contribution in [-0.2, 0) is 14.8 Å². The highest BCUT2D eigenvalue weighted by molar-refractivity contribution is 7.89. The second-order valence-electron chi connectivity index (χ2n) is 5.47. The van der Waals surface area contributed by atoms with Gasteiger partial charge in [0.25, 0.3) is 5.91 Å². The quantitative estimate of drug-likeness (QED) is 0.738. The van der Waals surface area contributed by atoms with E-state index in [2.05, 4.69) is 10.1 Å². The number of halogens is 1. The van der Waals surface area contributed by atoms with Gasteiger partial charge in [-0.25, -0.2) is 18.1 Å². The van der Waals surface area contributed by atoms with Crippen molar-refractivity contribution in [3.8, 4) is 0 Å². The second kappa shape index (κ2) is 7.59. The summed E-state index contributed by atoms with van der Waals surface area (Å²) in [5.74, 6) is -0.415. The largest absolute Gasteiger partial charge is 0.377 e. The van der Waals surface area contributed by atoms with E-state index < -0.39 is 15.9 Å². The SMILES string of the molecule is CN(C)NC(=O)c1ccc(Cl)c(S(=O)(=O)NC[C@@H]2CCCO2)c1. The Kier molecular flexibility index (Phi) is 5.99. The molecule has 23 heavy (non-hydrogen) atoms. The minimum atomic E-state index is -3.82. The molecule has 128 valence electrons. The highest BCUT2D eigenvalue weighted by Gasteiger charge is 2.23. The number of ether oxygens (including phenoxy) is 1. The lowest BCUT2D eigenvalue weighted by atomic mass is 10.2. The lowest BCUT2D eigenvalue weighted by Crippen LogP contribution is -2.36. The molecule has 2 rings (SSSR count). The smallest absolute Gasteiger partial charge is 0.265 e. The predicted molar refractivity (Wildman–Crippen MR) is 86.8 cm³/mol. The van der Waals surface area contributed by atoms with Gasteiger partial charge < -0.3 is 4.74 Å². The van der Waals surface area contributed by atoms with Crippen molar-refractivity contribution >= 4 is 27.5 Å². The number of hydrogen-bond donors (Lipinski definition) is 2. The summed E-state index contributed by atoms with van der Waals surface area (Å²) in [6.45, 7) is 0.833. The lowest BCUT2D eigenvalue weighted by Gasteiger charge is -2.14. The molecule has 9 heteroatoms. The molecule has 1 atom stereocenters. The van der Waals surface area contributed by atoms with Crippen LogP contribution in [0.25, 0.3) is 0 Å². The fraction of sp³-hybridized carbons (Fsp3) is 0.500. The molecule has 0 aliphatic carbocycles. The maximum atomic E-state index is 12.4. The summed E-state index contributed by atoms with van der Waals surface area (Å²) in [7, 11) is -0.496. The highest BCUT2D eigenvalue weighted by Crippen LogP contribution is 2.23. The van der Waals surface area contributed by atoms with E-state index in [1.807, 2.05) is 0 Å². The zero-order valence-electron chi connectivity index (χ0n) is 13.0. The minimum absolute atomic E-state index is 0.0613. The van der Waals surface area contributed by atoms with Crippen LogP contribution in [0.1, 0.15) is 23.2 Å². The van der Waals surface area contributed by atoms with Gasteiger partial charge in [-0.3, -0.25) is 10.2 Å². The van der Waals surface area contributed by atoms with Crippen molar-refractivity contribution in [1.82, 2.24) is 15.2 Å². The number of carbonyl (C=O) groups is 1. The van der Waals surface area contributed by atoms with Gasteiger partial charge in [-0.05, 0) is 31.0 Å². The number of benzene rings is 1. The zero-order valence-corrected chi connectivity index (χ0v) is 14.6. The number of hydrogen-bond acceptors (Lipinski definition) is 5. The summed E-state index contributed by atoms with van der Waals surface area (Å²) in [5, 5.41) is 1.53. The van der Waals surface area contributed by atoms with Gasteiger partial charge in [0.05, 0.1) is 11.1 Å². The van der Waals surface area contributed by atoms with E-state index in [9.17, 15) is 13.2 Å². The Morgan fingerprint density at radius 3 is 2.78 bits per heavy atom. The van der Waals surface area contributed by atoms with E-state index in [1.54, 1.807) is 14.1 Å². The molecule has 0 radical (unpaired) electrons. The van der Waals surface area contributed by atoms with E-state index in [1.165, 1.54) is 23.2 Å². The Morgan fingerprint density at radius 1 is 1.43 bits per heavy atom. The first-order valence-electron chi connectivity index (χ1n) is 7.19. The first kappa shape index (κ1) is 18.2. The molecule has 1 amide bonds. The molecule has 0 bridgehead atoms. The maximum Gasteiger partial charge on any atom is 0.265 e. The van der Waals surface area contributed by atoms with Crippen molar-refractivity contribution in [2.24, 2.45) is 0 Å². The Bertz CT molecular complexity index is 673. The first-order chi connectivity index (χ1) is 10.8. The molecule has 0 unspecified atom stereocenters. The maximum absolute atomic E-state index is 12.4. The van der Waals surface area contributed by atoms with Crippen LogP contribution in [0.5, 0.6) is 0 Å². The van der Waals surface area contributed by atoms with E-state index in [0.29, 0.717) is 6.61 Å². The van der Waals surface area contributed by atoms with Crippen molar-refractivity contribution in [3.63, 3.8) is 0 Å². The number of nitrogens with zero attached hydrogens (tertiary/aromatic N) is 1. The number of sulfonamides is 1. The van der Waals surface area contributed by atoms with Crippen LogP contribution >= 0.6 is 11.6 Å². The monoisotopic (exact) mass is 361 g/mol. The average Bonchev–Trinajstić information content (AvgIpc) is 2.98. The molecule has 1 aromatic rings. The number of hydrazine groups is 1. The molecule has 2 N–H and O–H groups in total. The number of carbonyl (C=O) groups excluding carboxylic acids is 1. The Morgan fingerprint density at radius 2 is 2.17 bits per heavy atom. The van der Waals surface area contributed by atoms with Gasteiger partial charge in [0.15, 0.2) is 0 Å². The van der Waals surface area contributed by atoms with Crippen LogP contribution in [0.2, 0.25) is 5.02 Å². The van der Waals surface area contributed by atoms with E-state index in [4.69, 9.17) is 16.3 Å². The van der Waals surface area contributed by atoms with Crippen LogP contribution in [0.4, 0.5) is 0 Å². The van der Waals surface area contributed by atoms with Crippen molar-refractivity contribution in [3.05, 3.63) is 28.8 Å². The van der Waals surface area contributed by atoms with E-state index in [-0.39, 0.29) is 28.1 Å². The summed E-state index contributed by atoms with van der Waals surface area (Å²) < 4.78 is 32.7. The van der Waals surface area contributed by atoms with Crippen LogP contribution in [0.15, 0.2) is 23.1 Å². The highest BCUT2D eigenvalue weighted by atomic mass is 35.5. The molecule has 1 aliphatic rings. The standard InChI is InChI=1S/C14H20ClN3O4S/c1-18(2)17-14(19)10-5-6-12(15)13(8-10)23(20,21)16-9-11-4-3-7-22-11/h5-6,8,11,16H,3-4,7,9H2,1-2H3,(H,17,19)/t11-/m0/s1. The first-order valence-corrected chi connectivity index (χ1v) is 9.05. The van der Waals surface area contributed by atoms with Gasteiger partial charge in [0.2, 0.25) is 10.0 Å². The fourth-order valence-electron chi connectivity index (χ4n) is 2.20. The van der Waals surface area contributed by atoms with Crippen LogP contribution in [0.3, 0.4) is 0 Å². The van der Waals surface area contributed by atoms with E-state index in [0.717, 1.165) is 12.8 Å². The lowest BCUT2D eigenvalue weighted by molar-refractivity contribution is 0.0856.